The lowest BCUT2D eigenvalue weighted by Crippen LogP contribution is -2.09. The van der Waals surface area contributed by atoms with Gasteiger partial charge in [0.15, 0.2) is 0 Å². The van der Waals surface area contributed by atoms with Gasteiger partial charge in [-0.25, -0.2) is 9.59 Å². The molecule has 2 aromatic rings. The van der Waals surface area contributed by atoms with Gasteiger partial charge in [0.05, 0.1) is 16.7 Å². The van der Waals surface area contributed by atoms with Gasteiger partial charge in [0.25, 0.3) is 0 Å². The molecule has 7 nitrogen and oxygen atoms in total. The van der Waals surface area contributed by atoms with Crippen molar-refractivity contribution >= 4 is 35.2 Å². The Morgan fingerprint density at radius 3 is 2.21 bits per heavy atom. The van der Waals surface area contributed by atoms with Gasteiger partial charge in [0.1, 0.15) is 22.6 Å². The summed E-state index contributed by atoms with van der Waals surface area (Å²) < 4.78 is 5.49. The van der Waals surface area contributed by atoms with Crippen LogP contribution in [0.5, 0.6) is 0 Å². The van der Waals surface area contributed by atoms with Crippen molar-refractivity contribution in [1.82, 2.24) is 0 Å². The normalized spacial score (nSPS) is 10.9. The molecule has 1 aromatic heterocycles. The zero-order valence-corrected chi connectivity index (χ0v) is 12.8. The second-order valence-electron chi connectivity index (χ2n) is 4.65. The fourth-order valence-corrected chi connectivity index (χ4v) is 2.01. The van der Waals surface area contributed by atoms with Gasteiger partial charge in [-0.1, -0.05) is 12.2 Å². The van der Waals surface area contributed by atoms with Gasteiger partial charge < -0.3 is 20.4 Å². The molecular weight excluding hydrogens is 332 g/mol. The number of benzene rings is 1. The standard InChI is InChI=1S/C16H10N2O5S/c17-7-11(14(18)24)6-12-1-2-13(23-12)8-3-9(15(19)20)5-10(4-8)16(21)22/h1-6H,(H2,18,24)(H,19,20)(H,21,22). The van der Waals surface area contributed by atoms with Crippen molar-refractivity contribution in [3.05, 3.63) is 52.8 Å². The summed E-state index contributed by atoms with van der Waals surface area (Å²) in [6.45, 7) is 0. The molecule has 0 radical (unpaired) electrons. The number of aromatic carboxylic acids is 2. The lowest BCUT2D eigenvalue weighted by atomic mass is 10.0. The number of carboxylic acids is 2. The van der Waals surface area contributed by atoms with Gasteiger partial charge in [0, 0.05) is 11.6 Å². The summed E-state index contributed by atoms with van der Waals surface area (Å²) in [5.74, 6) is -2.00. The minimum Gasteiger partial charge on any atom is -0.478 e. The van der Waals surface area contributed by atoms with E-state index in [1.54, 1.807) is 0 Å². The maximum absolute atomic E-state index is 11.1. The smallest absolute Gasteiger partial charge is 0.335 e. The summed E-state index contributed by atoms with van der Waals surface area (Å²) in [5, 5.41) is 27.1. The zero-order chi connectivity index (χ0) is 17.9. The number of carboxylic acid groups (broad SMARTS) is 2. The Hall–Kier alpha value is -3.44. The molecule has 0 aliphatic rings. The molecule has 4 N–H and O–H groups in total. The molecule has 0 unspecified atom stereocenters. The van der Waals surface area contributed by atoms with Gasteiger partial charge in [-0.2, -0.15) is 5.26 Å². The Bertz CT molecular complexity index is 889. The topological polar surface area (TPSA) is 138 Å². The van der Waals surface area contributed by atoms with Crippen LogP contribution in [0.2, 0.25) is 0 Å². The van der Waals surface area contributed by atoms with E-state index in [0.29, 0.717) is 0 Å². The maximum Gasteiger partial charge on any atom is 0.335 e. The number of rotatable bonds is 5. The predicted molar refractivity (Wildman–Crippen MR) is 88.4 cm³/mol. The van der Waals surface area contributed by atoms with Crippen LogP contribution in [0.3, 0.4) is 0 Å². The molecule has 120 valence electrons. The number of furan rings is 1. The monoisotopic (exact) mass is 342 g/mol. The molecule has 0 saturated heterocycles. The van der Waals surface area contributed by atoms with E-state index in [4.69, 9.17) is 37.8 Å². The first-order valence-electron chi connectivity index (χ1n) is 6.45. The van der Waals surface area contributed by atoms with Crippen LogP contribution < -0.4 is 5.73 Å². The van der Waals surface area contributed by atoms with Gasteiger partial charge in [0.2, 0.25) is 0 Å². The zero-order valence-electron chi connectivity index (χ0n) is 12.0. The summed E-state index contributed by atoms with van der Waals surface area (Å²) >= 11 is 4.72. The third-order valence-electron chi connectivity index (χ3n) is 3.01. The summed E-state index contributed by atoms with van der Waals surface area (Å²) in [4.78, 5) is 22.2. The molecular formula is C16H10N2O5S. The fourth-order valence-electron chi connectivity index (χ4n) is 1.90. The molecule has 0 fully saturated rings. The van der Waals surface area contributed by atoms with Crippen molar-refractivity contribution in [2.24, 2.45) is 5.73 Å². The molecule has 0 saturated carbocycles. The second-order valence-corrected chi connectivity index (χ2v) is 5.09. The largest absolute Gasteiger partial charge is 0.478 e. The summed E-state index contributed by atoms with van der Waals surface area (Å²) in [6, 6.07) is 8.51. The fraction of sp³-hybridized carbons (Fsp3) is 0. The summed E-state index contributed by atoms with van der Waals surface area (Å²) in [7, 11) is 0. The number of nitriles is 1. The average Bonchev–Trinajstić information content (AvgIpc) is 3.00. The lowest BCUT2D eigenvalue weighted by Gasteiger charge is -2.03. The molecule has 8 heteroatoms. The van der Waals surface area contributed by atoms with Crippen LogP contribution in [-0.4, -0.2) is 27.1 Å². The van der Waals surface area contributed by atoms with Crippen molar-refractivity contribution in [2.75, 3.05) is 0 Å². The van der Waals surface area contributed by atoms with Crippen LogP contribution in [0.25, 0.3) is 17.4 Å². The Balaban J connectivity index is 2.50. The lowest BCUT2D eigenvalue weighted by molar-refractivity contribution is 0.0696. The quantitative estimate of drug-likeness (QED) is 0.428. The van der Waals surface area contributed by atoms with E-state index in [1.807, 2.05) is 6.07 Å². The van der Waals surface area contributed by atoms with Crippen LogP contribution in [-0.2, 0) is 0 Å². The highest BCUT2D eigenvalue weighted by atomic mass is 32.1. The summed E-state index contributed by atoms with van der Waals surface area (Å²) in [5.41, 5.74) is 5.36. The van der Waals surface area contributed by atoms with Crippen molar-refractivity contribution in [2.45, 2.75) is 0 Å². The van der Waals surface area contributed by atoms with Crippen molar-refractivity contribution < 1.29 is 24.2 Å². The SMILES string of the molecule is N#CC(=Cc1ccc(-c2cc(C(=O)O)cc(C(=O)O)c2)o1)C(N)=S. The minimum atomic E-state index is -1.26. The highest BCUT2D eigenvalue weighted by molar-refractivity contribution is 7.80. The summed E-state index contributed by atoms with van der Waals surface area (Å²) in [6.07, 6.45) is 1.34. The van der Waals surface area contributed by atoms with Crippen LogP contribution in [0.15, 0.2) is 40.3 Å². The van der Waals surface area contributed by atoms with E-state index in [2.05, 4.69) is 0 Å². The molecule has 0 atom stereocenters. The van der Waals surface area contributed by atoms with E-state index < -0.39 is 11.9 Å². The van der Waals surface area contributed by atoms with Gasteiger partial charge >= 0.3 is 11.9 Å². The Labute approximate surface area is 141 Å². The first kappa shape index (κ1) is 16.9. The molecule has 2 rings (SSSR count). The van der Waals surface area contributed by atoms with Gasteiger partial charge in [-0.15, -0.1) is 0 Å². The van der Waals surface area contributed by atoms with Crippen LogP contribution in [0, 0.1) is 11.3 Å². The number of nitrogens with zero attached hydrogens (tertiary/aromatic N) is 1. The molecule has 0 bridgehead atoms. The number of carbonyl (C=O) groups is 2. The molecule has 1 heterocycles. The van der Waals surface area contributed by atoms with Crippen molar-refractivity contribution in [3.63, 3.8) is 0 Å². The molecule has 0 aliphatic heterocycles. The van der Waals surface area contributed by atoms with Crippen LogP contribution in [0.1, 0.15) is 26.5 Å². The Kier molecular flexibility index (Phi) is 4.77. The Morgan fingerprint density at radius 1 is 1.17 bits per heavy atom. The number of thiocarbonyl (C=S) groups is 1. The first-order valence-corrected chi connectivity index (χ1v) is 6.86. The maximum atomic E-state index is 11.1. The molecule has 0 amide bonds. The highest BCUT2D eigenvalue weighted by Crippen LogP contribution is 2.26. The Morgan fingerprint density at radius 2 is 1.75 bits per heavy atom. The predicted octanol–water partition coefficient (Wildman–Crippen LogP) is 2.54. The number of hydrogen-bond donors (Lipinski definition) is 3. The number of hydrogen-bond acceptors (Lipinski definition) is 5. The number of nitrogens with two attached hydrogens (primary N) is 1. The van der Waals surface area contributed by atoms with Crippen molar-refractivity contribution in [3.8, 4) is 17.4 Å². The van der Waals surface area contributed by atoms with Crippen LogP contribution >= 0.6 is 12.2 Å². The van der Waals surface area contributed by atoms with E-state index in [1.165, 1.54) is 30.3 Å². The molecule has 0 spiro atoms. The first-order chi connectivity index (χ1) is 11.3. The van der Waals surface area contributed by atoms with E-state index in [-0.39, 0.29) is 38.8 Å². The molecule has 0 aliphatic carbocycles. The van der Waals surface area contributed by atoms with Crippen molar-refractivity contribution in [1.29, 1.82) is 5.26 Å². The van der Waals surface area contributed by atoms with Gasteiger partial charge in [-0.05, 0) is 30.3 Å². The highest BCUT2D eigenvalue weighted by Gasteiger charge is 2.14. The third kappa shape index (κ3) is 3.66. The second kappa shape index (κ2) is 6.76. The molecule has 24 heavy (non-hydrogen) atoms. The van der Waals surface area contributed by atoms with Crippen LogP contribution in [0.4, 0.5) is 0 Å². The van der Waals surface area contributed by atoms with E-state index in [9.17, 15) is 9.59 Å². The molecule has 1 aromatic carbocycles. The average molecular weight is 342 g/mol. The third-order valence-corrected chi connectivity index (χ3v) is 3.23. The minimum absolute atomic E-state index is 0.0522. The van der Waals surface area contributed by atoms with E-state index in [0.717, 1.165) is 6.07 Å². The van der Waals surface area contributed by atoms with E-state index >= 15 is 0 Å². The van der Waals surface area contributed by atoms with Gasteiger partial charge in [-0.3, -0.25) is 0 Å².